The lowest BCUT2D eigenvalue weighted by Crippen LogP contribution is -2.41. The molecule has 7 nitrogen and oxygen atoms in total. The highest BCUT2D eigenvalue weighted by Gasteiger charge is 2.17. The number of hydrogen-bond donors (Lipinski definition) is 3. The van der Waals surface area contributed by atoms with Crippen molar-refractivity contribution in [1.29, 1.82) is 0 Å². The molecule has 1 fully saturated rings. The maximum absolute atomic E-state index is 12.0. The van der Waals surface area contributed by atoms with Gasteiger partial charge in [-0.2, -0.15) is 0 Å². The van der Waals surface area contributed by atoms with Crippen molar-refractivity contribution >= 4 is 35.8 Å². The zero-order chi connectivity index (χ0) is 19.8. The number of amides is 1. The van der Waals surface area contributed by atoms with Gasteiger partial charge in [-0.3, -0.25) is 9.79 Å². The number of imidazole rings is 1. The molecule has 1 amide bonds. The Morgan fingerprint density at radius 2 is 2.00 bits per heavy atom. The number of rotatable bonds is 7. The van der Waals surface area contributed by atoms with Crippen LogP contribution in [-0.2, 0) is 11.3 Å². The predicted octanol–water partition coefficient (Wildman–Crippen LogP) is 3.15. The van der Waals surface area contributed by atoms with E-state index >= 15 is 0 Å². The lowest BCUT2D eigenvalue weighted by molar-refractivity contribution is -0.121. The minimum absolute atomic E-state index is 0. The Balaban J connectivity index is 0.00000300. The van der Waals surface area contributed by atoms with Crippen molar-refractivity contribution in [3.8, 4) is 11.3 Å². The molecular formula is C21H31IN6O. The van der Waals surface area contributed by atoms with Crippen LogP contribution in [0, 0.1) is 0 Å². The molecule has 0 unspecified atom stereocenters. The molecule has 3 rings (SSSR count). The Bertz CT molecular complexity index is 785. The predicted molar refractivity (Wildman–Crippen MR) is 127 cm³/mol. The number of halogens is 1. The smallest absolute Gasteiger partial charge is 0.221 e. The van der Waals surface area contributed by atoms with Gasteiger partial charge in [0.2, 0.25) is 5.91 Å². The molecule has 1 heterocycles. The zero-order valence-electron chi connectivity index (χ0n) is 17.1. The van der Waals surface area contributed by atoms with Gasteiger partial charge >= 0.3 is 0 Å². The average molecular weight is 510 g/mol. The first kappa shape index (κ1) is 23.2. The summed E-state index contributed by atoms with van der Waals surface area (Å²) in [4.78, 5) is 26.2. The van der Waals surface area contributed by atoms with E-state index in [9.17, 15) is 4.79 Å². The van der Waals surface area contributed by atoms with Crippen LogP contribution in [0.25, 0.3) is 11.3 Å². The van der Waals surface area contributed by atoms with Gasteiger partial charge in [-0.05, 0) is 18.4 Å². The summed E-state index contributed by atoms with van der Waals surface area (Å²) < 4.78 is 0. The number of H-pyrrole nitrogens is 1. The molecule has 8 heteroatoms. The molecule has 1 aromatic heterocycles. The first-order chi connectivity index (χ1) is 13.7. The fourth-order valence-electron chi connectivity index (χ4n) is 3.55. The molecule has 0 spiro atoms. The topological polar surface area (TPSA) is 85.4 Å². The molecule has 0 bridgehead atoms. The second-order valence-corrected chi connectivity index (χ2v) is 7.24. The number of benzene rings is 1. The normalized spacial score (nSPS) is 14.3. The molecule has 0 radical (unpaired) electrons. The largest absolute Gasteiger partial charge is 0.356 e. The van der Waals surface area contributed by atoms with Gasteiger partial charge in [-0.15, -0.1) is 24.0 Å². The van der Waals surface area contributed by atoms with E-state index in [-0.39, 0.29) is 29.9 Å². The third-order valence-electron chi connectivity index (χ3n) is 5.03. The summed E-state index contributed by atoms with van der Waals surface area (Å²) in [5, 5.41) is 6.37. The summed E-state index contributed by atoms with van der Waals surface area (Å²) in [5.41, 5.74) is 2.11. The van der Waals surface area contributed by atoms with E-state index in [1.54, 1.807) is 7.05 Å². The number of aromatic nitrogens is 2. The molecule has 158 valence electrons. The van der Waals surface area contributed by atoms with Crippen molar-refractivity contribution in [3.63, 3.8) is 0 Å². The SMILES string of the molecule is CN=C(NCCC(=O)NC1CCCC1)N(C)Cc1ncc(-c2ccccc2)[nH]1.I. The van der Waals surface area contributed by atoms with Crippen LogP contribution < -0.4 is 10.6 Å². The summed E-state index contributed by atoms with van der Waals surface area (Å²) in [6.45, 7) is 1.16. The van der Waals surface area contributed by atoms with Crippen molar-refractivity contribution in [3.05, 3.63) is 42.4 Å². The van der Waals surface area contributed by atoms with Gasteiger partial charge in [0.05, 0.1) is 18.4 Å². The van der Waals surface area contributed by atoms with Gasteiger partial charge in [-0.25, -0.2) is 4.98 Å². The molecule has 1 aliphatic rings. The van der Waals surface area contributed by atoms with Crippen LogP contribution in [-0.4, -0.2) is 53.4 Å². The van der Waals surface area contributed by atoms with E-state index in [1.165, 1.54) is 12.8 Å². The van der Waals surface area contributed by atoms with Crippen molar-refractivity contribution < 1.29 is 4.79 Å². The van der Waals surface area contributed by atoms with E-state index < -0.39 is 0 Å². The Labute approximate surface area is 189 Å². The summed E-state index contributed by atoms with van der Waals surface area (Å²) >= 11 is 0. The number of hydrogen-bond acceptors (Lipinski definition) is 3. The Kier molecular flexibility index (Phi) is 9.43. The van der Waals surface area contributed by atoms with Crippen molar-refractivity contribution in [2.24, 2.45) is 4.99 Å². The number of carbonyl (C=O) groups excluding carboxylic acids is 1. The molecule has 3 N–H and O–H groups in total. The number of carbonyl (C=O) groups is 1. The summed E-state index contributed by atoms with van der Waals surface area (Å²) in [6.07, 6.45) is 6.96. The molecule has 2 aromatic rings. The van der Waals surface area contributed by atoms with Gasteiger partial charge in [-0.1, -0.05) is 43.2 Å². The summed E-state index contributed by atoms with van der Waals surface area (Å²) in [7, 11) is 3.70. The maximum Gasteiger partial charge on any atom is 0.221 e. The molecule has 29 heavy (non-hydrogen) atoms. The van der Waals surface area contributed by atoms with Crippen LogP contribution in [0.5, 0.6) is 0 Å². The van der Waals surface area contributed by atoms with E-state index in [1.807, 2.05) is 36.3 Å². The summed E-state index contributed by atoms with van der Waals surface area (Å²) in [5.74, 6) is 1.71. The molecule has 0 aliphatic heterocycles. The van der Waals surface area contributed by atoms with E-state index in [4.69, 9.17) is 0 Å². The molecule has 0 atom stereocenters. The molecule has 1 saturated carbocycles. The standard InChI is InChI=1S/C21H30N6O.HI/c1-22-21(23-13-12-20(28)25-17-10-6-7-11-17)27(2)15-19-24-14-18(26-19)16-8-4-3-5-9-16;/h3-5,8-9,14,17H,6-7,10-13,15H2,1-2H3,(H,22,23)(H,24,26)(H,25,28);1H. The number of guanidine groups is 1. The van der Waals surface area contributed by atoms with Crippen molar-refractivity contribution in [2.75, 3.05) is 20.6 Å². The van der Waals surface area contributed by atoms with Gasteiger partial charge in [0.25, 0.3) is 0 Å². The fourth-order valence-corrected chi connectivity index (χ4v) is 3.55. The van der Waals surface area contributed by atoms with Crippen LogP contribution in [0.1, 0.15) is 37.9 Å². The highest BCUT2D eigenvalue weighted by molar-refractivity contribution is 14.0. The zero-order valence-corrected chi connectivity index (χ0v) is 19.5. The quantitative estimate of drug-likeness (QED) is 0.304. The summed E-state index contributed by atoms with van der Waals surface area (Å²) in [6, 6.07) is 10.5. The lowest BCUT2D eigenvalue weighted by Gasteiger charge is -2.21. The second kappa shape index (κ2) is 11.8. The molecule has 1 aromatic carbocycles. The average Bonchev–Trinajstić information content (AvgIpc) is 3.38. The second-order valence-electron chi connectivity index (χ2n) is 7.24. The first-order valence-electron chi connectivity index (χ1n) is 9.96. The first-order valence-corrected chi connectivity index (χ1v) is 9.96. The van der Waals surface area contributed by atoms with Gasteiger partial charge in [0.15, 0.2) is 5.96 Å². The Morgan fingerprint density at radius 1 is 1.28 bits per heavy atom. The highest BCUT2D eigenvalue weighted by atomic mass is 127. The fraction of sp³-hybridized carbons (Fsp3) is 0.476. The lowest BCUT2D eigenvalue weighted by atomic mass is 10.2. The van der Waals surface area contributed by atoms with Gasteiger partial charge in [0.1, 0.15) is 5.82 Å². The number of nitrogens with zero attached hydrogens (tertiary/aromatic N) is 3. The van der Waals surface area contributed by atoms with Gasteiger partial charge in [0, 0.05) is 33.1 Å². The van der Waals surface area contributed by atoms with Crippen LogP contribution in [0.4, 0.5) is 0 Å². The third-order valence-corrected chi connectivity index (χ3v) is 5.03. The minimum atomic E-state index is 0. The number of nitrogens with one attached hydrogen (secondary N) is 3. The maximum atomic E-state index is 12.0. The van der Waals surface area contributed by atoms with Crippen molar-refractivity contribution in [1.82, 2.24) is 25.5 Å². The Morgan fingerprint density at radius 3 is 2.69 bits per heavy atom. The van der Waals surface area contributed by atoms with Crippen molar-refractivity contribution in [2.45, 2.75) is 44.7 Å². The third kappa shape index (κ3) is 7.02. The van der Waals surface area contributed by atoms with E-state index in [2.05, 4.69) is 37.7 Å². The number of aromatic amines is 1. The van der Waals surface area contributed by atoms with Crippen LogP contribution >= 0.6 is 24.0 Å². The van der Waals surface area contributed by atoms with Crippen LogP contribution in [0.3, 0.4) is 0 Å². The van der Waals surface area contributed by atoms with Crippen LogP contribution in [0.15, 0.2) is 41.5 Å². The van der Waals surface area contributed by atoms with Gasteiger partial charge < -0.3 is 20.5 Å². The highest BCUT2D eigenvalue weighted by Crippen LogP contribution is 2.18. The van der Waals surface area contributed by atoms with E-state index in [0.29, 0.717) is 25.6 Å². The van der Waals surface area contributed by atoms with E-state index in [0.717, 1.165) is 35.9 Å². The molecular weight excluding hydrogens is 479 g/mol. The van der Waals surface area contributed by atoms with Crippen LogP contribution in [0.2, 0.25) is 0 Å². The molecule has 1 aliphatic carbocycles. The monoisotopic (exact) mass is 510 g/mol. The Hall–Kier alpha value is -2.10. The molecule has 0 saturated heterocycles. The minimum Gasteiger partial charge on any atom is -0.356 e. The number of aliphatic imine (C=N–C) groups is 1.